The zero-order chi connectivity index (χ0) is 17.7. The van der Waals surface area contributed by atoms with Gasteiger partial charge >= 0.3 is 0 Å². The molecule has 2 aromatic rings. The van der Waals surface area contributed by atoms with Gasteiger partial charge in [0.05, 0.1) is 4.90 Å². The van der Waals surface area contributed by atoms with Crippen LogP contribution in [0.5, 0.6) is 0 Å². The molecule has 0 bridgehead atoms. The summed E-state index contributed by atoms with van der Waals surface area (Å²) in [6, 6.07) is 14.7. The molecule has 1 unspecified atom stereocenters. The normalized spacial score (nSPS) is 12.6. The van der Waals surface area contributed by atoms with E-state index in [1.165, 1.54) is 17.0 Å². The Hall–Kier alpha value is -1.70. The Balaban J connectivity index is 2.27. The highest BCUT2D eigenvalue weighted by atomic mass is 79.9. The predicted molar refractivity (Wildman–Crippen MR) is 97.1 cm³/mol. The first-order chi connectivity index (χ1) is 11.3. The van der Waals surface area contributed by atoms with Crippen LogP contribution in [0.3, 0.4) is 0 Å². The maximum atomic E-state index is 12.6. The first-order valence-corrected chi connectivity index (χ1v) is 9.60. The molecule has 1 amide bonds. The number of benzene rings is 2. The van der Waals surface area contributed by atoms with Crippen molar-refractivity contribution in [3.8, 4) is 0 Å². The van der Waals surface area contributed by atoms with Gasteiger partial charge in [-0.2, -0.15) is 4.72 Å². The Morgan fingerprint density at radius 2 is 1.67 bits per heavy atom. The molecule has 0 saturated heterocycles. The quantitative estimate of drug-likeness (QED) is 0.794. The van der Waals surface area contributed by atoms with E-state index in [0.717, 1.165) is 10.0 Å². The number of amides is 1. The second-order valence-electron chi connectivity index (χ2n) is 5.55. The Bertz CT molecular complexity index is 790. The number of halogens is 1. The van der Waals surface area contributed by atoms with Gasteiger partial charge in [-0.25, -0.2) is 8.42 Å². The number of rotatable bonds is 6. The van der Waals surface area contributed by atoms with Crippen molar-refractivity contribution < 1.29 is 13.2 Å². The summed E-state index contributed by atoms with van der Waals surface area (Å²) in [6.45, 7) is 0. The van der Waals surface area contributed by atoms with Crippen LogP contribution in [0.4, 0.5) is 0 Å². The molecule has 0 radical (unpaired) electrons. The SMILES string of the molecule is CN(C)C(=O)C(Cc1ccccc1)NS(=O)(=O)c1ccc(Br)cc1. The van der Waals surface area contributed by atoms with Crippen LogP contribution in [-0.2, 0) is 21.2 Å². The molecule has 0 aliphatic heterocycles. The van der Waals surface area contributed by atoms with Crippen LogP contribution in [0, 0.1) is 0 Å². The molecule has 5 nitrogen and oxygen atoms in total. The molecule has 0 aliphatic rings. The second kappa shape index (κ2) is 7.92. The van der Waals surface area contributed by atoms with Crippen molar-refractivity contribution in [2.75, 3.05) is 14.1 Å². The van der Waals surface area contributed by atoms with Crippen molar-refractivity contribution in [2.24, 2.45) is 0 Å². The van der Waals surface area contributed by atoms with Gasteiger partial charge in [0.25, 0.3) is 0 Å². The van der Waals surface area contributed by atoms with E-state index in [9.17, 15) is 13.2 Å². The summed E-state index contributed by atoms with van der Waals surface area (Å²) >= 11 is 3.27. The van der Waals surface area contributed by atoms with Crippen LogP contribution in [0.1, 0.15) is 5.56 Å². The van der Waals surface area contributed by atoms with Crippen LogP contribution in [0.15, 0.2) is 64.0 Å². The largest absolute Gasteiger partial charge is 0.347 e. The molecular weight excluding hydrogens is 392 g/mol. The highest BCUT2D eigenvalue weighted by molar-refractivity contribution is 9.10. The molecule has 1 N–H and O–H groups in total. The van der Waals surface area contributed by atoms with Gasteiger partial charge in [0.1, 0.15) is 6.04 Å². The predicted octanol–water partition coefficient (Wildman–Crippen LogP) is 2.43. The number of carbonyl (C=O) groups is 1. The minimum absolute atomic E-state index is 0.121. The van der Waals surface area contributed by atoms with Crippen molar-refractivity contribution in [3.63, 3.8) is 0 Å². The van der Waals surface area contributed by atoms with Crippen LogP contribution in [0.2, 0.25) is 0 Å². The van der Waals surface area contributed by atoms with Gasteiger partial charge in [-0.1, -0.05) is 46.3 Å². The molecule has 0 spiro atoms. The lowest BCUT2D eigenvalue weighted by atomic mass is 10.1. The molecule has 7 heteroatoms. The maximum Gasteiger partial charge on any atom is 0.241 e. The summed E-state index contributed by atoms with van der Waals surface area (Å²) in [4.78, 5) is 13.9. The average Bonchev–Trinajstić information content (AvgIpc) is 2.54. The zero-order valence-electron chi connectivity index (χ0n) is 13.4. The molecule has 2 rings (SSSR count). The fourth-order valence-electron chi connectivity index (χ4n) is 2.21. The van der Waals surface area contributed by atoms with E-state index in [-0.39, 0.29) is 17.2 Å². The van der Waals surface area contributed by atoms with Crippen LogP contribution < -0.4 is 4.72 Å². The highest BCUT2D eigenvalue weighted by Gasteiger charge is 2.27. The summed E-state index contributed by atoms with van der Waals surface area (Å²) < 4.78 is 28.5. The number of nitrogens with one attached hydrogen (secondary N) is 1. The van der Waals surface area contributed by atoms with Crippen LogP contribution in [0.25, 0.3) is 0 Å². The first kappa shape index (κ1) is 18.6. The van der Waals surface area contributed by atoms with E-state index in [2.05, 4.69) is 20.7 Å². The van der Waals surface area contributed by atoms with Gasteiger partial charge in [0, 0.05) is 18.6 Å². The van der Waals surface area contributed by atoms with Gasteiger partial charge in [-0.05, 0) is 36.2 Å². The zero-order valence-corrected chi connectivity index (χ0v) is 15.8. The fourth-order valence-corrected chi connectivity index (χ4v) is 3.66. The Morgan fingerprint density at radius 3 is 2.21 bits per heavy atom. The lowest BCUT2D eigenvalue weighted by Crippen LogP contribution is -2.47. The molecule has 1 atom stereocenters. The lowest BCUT2D eigenvalue weighted by Gasteiger charge is -2.22. The lowest BCUT2D eigenvalue weighted by molar-refractivity contribution is -0.130. The second-order valence-corrected chi connectivity index (χ2v) is 8.18. The Labute approximate surface area is 150 Å². The summed E-state index contributed by atoms with van der Waals surface area (Å²) in [6.07, 6.45) is 0.285. The van der Waals surface area contributed by atoms with E-state index >= 15 is 0 Å². The summed E-state index contributed by atoms with van der Waals surface area (Å²) in [5.74, 6) is -0.292. The van der Waals surface area contributed by atoms with Crippen molar-refractivity contribution in [1.82, 2.24) is 9.62 Å². The molecule has 128 valence electrons. The molecular formula is C17H19BrN2O3S. The van der Waals surface area contributed by atoms with E-state index in [1.807, 2.05) is 30.3 Å². The molecule has 24 heavy (non-hydrogen) atoms. The molecule has 0 saturated carbocycles. The maximum absolute atomic E-state index is 12.6. The molecule has 0 aliphatic carbocycles. The summed E-state index contributed by atoms with van der Waals surface area (Å²) in [5.41, 5.74) is 0.885. The average molecular weight is 411 g/mol. The number of carbonyl (C=O) groups excluding carboxylic acids is 1. The molecule has 2 aromatic carbocycles. The van der Waals surface area contributed by atoms with Crippen molar-refractivity contribution in [3.05, 3.63) is 64.6 Å². The minimum Gasteiger partial charge on any atom is -0.347 e. The third-order valence-corrected chi connectivity index (χ3v) is 5.46. The monoisotopic (exact) mass is 410 g/mol. The number of likely N-dealkylation sites (N-methyl/N-ethyl adjacent to an activating group) is 1. The Morgan fingerprint density at radius 1 is 1.08 bits per heavy atom. The van der Waals surface area contributed by atoms with Crippen LogP contribution in [-0.4, -0.2) is 39.4 Å². The summed E-state index contributed by atoms with van der Waals surface area (Å²) in [7, 11) is -0.582. The van der Waals surface area contributed by atoms with E-state index in [4.69, 9.17) is 0 Å². The fraction of sp³-hybridized carbons (Fsp3) is 0.235. The number of sulfonamides is 1. The number of nitrogens with zero attached hydrogens (tertiary/aromatic N) is 1. The van der Waals surface area contributed by atoms with Gasteiger partial charge in [-0.15, -0.1) is 0 Å². The third kappa shape index (κ3) is 4.90. The first-order valence-electron chi connectivity index (χ1n) is 7.32. The van der Waals surface area contributed by atoms with E-state index < -0.39 is 16.1 Å². The van der Waals surface area contributed by atoms with Crippen molar-refractivity contribution in [1.29, 1.82) is 0 Å². The topological polar surface area (TPSA) is 66.5 Å². The van der Waals surface area contributed by atoms with Crippen LogP contribution >= 0.6 is 15.9 Å². The smallest absolute Gasteiger partial charge is 0.241 e. The van der Waals surface area contributed by atoms with Gasteiger partial charge < -0.3 is 4.90 Å². The highest BCUT2D eigenvalue weighted by Crippen LogP contribution is 2.16. The van der Waals surface area contributed by atoms with Gasteiger partial charge in [0.15, 0.2) is 0 Å². The van der Waals surface area contributed by atoms with E-state index in [1.54, 1.807) is 26.2 Å². The van der Waals surface area contributed by atoms with Crippen molar-refractivity contribution in [2.45, 2.75) is 17.4 Å². The number of hydrogen-bond donors (Lipinski definition) is 1. The number of hydrogen-bond acceptors (Lipinski definition) is 3. The molecule has 0 heterocycles. The molecule has 0 fully saturated rings. The van der Waals surface area contributed by atoms with Gasteiger partial charge in [0.2, 0.25) is 15.9 Å². The van der Waals surface area contributed by atoms with Crippen molar-refractivity contribution >= 4 is 31.9 Å². The Kier molecular flexibility index (Phi) is 6.15. The van der Waals surface area contributed by atoms with Gasteiger partial charge in [-0.3, -0.25) is 4.79 Å². The minimum atomic E-state index is -3.79. The summed E-state index contributed by atoms with van der Waals surface area (Å²) in [5, 5.41) is 0. The molecule has 0 aromatic heterocycles. The third-order valence-electron chi connectivity index (χ3n) is 3.44. The standard InChI is InChI=1S/C17H19BrN2O3S/c1-20(2)17(21)16(12-13-6-4-3-5-7-13)19-24(22,23)15-10-8-14(18)9-11-15/h3-11,16,19H,12H2,1-2H3. The van der Waals surface area contributed by atoms with E-state index in [0.29, 0.717) is 0 Å².